The molecule has 0 fully saturated rings. The summed E-state index contributed by atoms with van der Waals surface area (Å²) in [5.74, 6) is 1.72. The first-order valence-electron chi connectivity index (χ1n) is 8.52. The van der Waals surface area contributed by atoms with E-state index in [-0.39, 0.29) is 6.61 Å². The van der Waals surface area contributed by atoms with Crippen molar-refractivity contribution in [1.29, 1.82) is 0 Å². The summed E-state index contributed by atoms with van der Waals surface area (Å²) in [6.45, 7) is 2.58. The Hall–Kier alpha value is -2.24. The van der Waals surface area contributed by atoms with Crippen molar-refractivity contribution >= 4 is 0 Å². The lowest BCUT2D eigenvalue weighted by atomic mass is 10.00. The molecular weight excluding hydrogens is 318 g/mol. The molecule has 1 unspecified atom stereocenters. The first-order chi connectivity index (χ1) is 12.2. The molecule has 134 valence electrons. The Labute approximate surface area is 148 Å². The zero-order valence-corrected chi connectivity index (χ0v) is 14.8. The van der Waals surface area contributed by atoms with Crippen LogP contribution in [0.4, 0.5) is 0 Å². The van der Waals surface area contributed by atoms with Crippen LogP contribution in [-0.4, -0.2) is 50.0 Å². The number of aliphatic hydroxyl groups excluding tert-OH is 1. The molecule has 0 aromatic heterocycles. The Balaban J connectivity index is 1.57. The van der Waals surface area contributed by atoms with E-state index in [4.69, 9.17) is 14.2 Å². The van der Waals surface area contributed by atoms with Crippen molar-refractivity contribution in [2.45, 2.75) is 19.1 Å². The summed E-state index contributed by atoms with van der Waals surface area (Å²) in [4.78, 5) is 2.26. The second-order valence-corrected chi connectivity index (χ2v) is 6.21. The van der Waals surface area contributed by atoms with Crippen molar-refractivity contribution in [1.82, 2.24) is 4.90 Å². The van der Waals surface area contributed by atoms with Gasteiger partial charge in [-0.2, -0.15) is 0 Å². The maximum absolute atomic E-state index is 10.4. The van der Waals surface area contributed by atoms with Gasteiger partial charge in [0.25, 0.3) is 0 Å². The SMILES string of the molecule is COc1cccc(OC)c1OCC(O)CN1CCc2ccccc2C1. The van der Waals surface area contributed by atoms with Gasteiger partial charge in [-0.05, 0) is 29.7 Å². The number of hydrogen-bond acceptors (Lipinski definition) is 5. The van der Waals surface area contributed by atoms with E-state index in [0.717, 1.165) is 19.5 Å². The average molecular weight is 343 g/mol. The molecule has 1 N–H and O–H groups in total. The van der Waals surface area contributed by atoms with Crippen LogP contribution in [0.1, 0.15) is 11.1 Å². The van der Waals surface area contributed by atoms with Crippen LogP contribution in [0.3, 0.4) is 0 Å². The Kier molecular flexibility index (Phi) is 5.79. The molecule has 0 saturated heterocycles. The van der Waals surface area contributed by atoms with Crippen molar-refractivity contribution in [3.63, 3.8) is 0 Å². The zero-order chi connectivity index (χ0) is 17.6. The Morgan fingerprint density at radius 2 is 1.68 bits per heavy atom. The minimum Gasteiger partial charge on any atom is -0.493 e. The van der Waals surface area contributed by atoms with Crippen LogP contribution in [0.5, 0.6) is 17.2 Å². The normalized spacial score (nSPS) is 15.3. The molecule has 0 aliphatic carbocycles. The molecule has 0 bridgehead atoms. The molecule has 25 heavy (non-hydrogen) atoms. The van der Waals surface area contributed by atoms with Gasteiger partial charge < -0.3 is 19.3 Å². The number of para-hydroxylation sites is 1. The van der Waals surface area contributed by atoms with E-state index in [1.54, 1.807) is 14.2 Å². The van der Waals surface area contributed by atoms with Crippen molar-refractivity contribution in [2.75, 3.05) is 33.9 Å². The van der Waals surface area contributed by atoms with E-state index in [9.17, 15) is 5.11 Å². The van der Waals surface area contributed by atoms with Crippen molar-refractivity contribution in [3.8, 4) is 17.2 Å². The minimum atomic E-state index is -0.583. The average Bonchev–Trinajstić information content (AvgIpc) is 2.65. The fourth-order valence-corrected chi connectivity index (χ4v) is 3.20. The number of β-amino-alcohol motifs (C(OH)–C–C–N with tert-alkyl or cyclic N) is 1. The monoisotopic (exact) mass is 343 g/mol. The van der Waals surface area contributed by atoms with Gasteiger partial charge >= 0.3 is 0 Å². The fourth-order valence-electron chi connectivity index (χ4n) is 3.20. The summed E-state index contributed by atoms with van der Waals surface area (Å²) in [5.41, 5.74) is 2.75. The third-order valence-electron chi connectivity index (χ3n) is 4.48. The molecule has 5 nitrogen and oxygen atoms in total. The van der Waals surface area contributed by atoms with Gasteiger partial charge in [-0.3, -0.25) is 4.90 Å². The number of methoxy groups -OCH3 is 2. The lowest BCUT2D eigenvalue weighted by Gasteiger charge is -2.30. The number of ether oxygens (including phenoxy) is 3. The molecule has 3 rings (SSSR count). The molecule has 1 heterocycles. The first kappa shape index (κ1) is 17.6. The lowest BCUT2D eigenvalue weighted by Crippen LogP contribution is -2.38. The standard InChI is InChI=1S/C20H25NO4/c1-23-18-8-5-9-19(24-2)20(18)25-14-17(22)13-21-11-10-15-6-3-4-7-16(15)12-21/h3-9,17,22H,10-14H2,1-2H3. The van der Waals surface area contributed by atoms with Crippen LogP contribution in [-0.2, 0) is 13.0 Å². The number of aliphatic hydroxyl groups is 1. The predicted octanol–water partition coefficient (Wildman–Crippen LogP) is 2.50. The van der Waals surface area contributed by atoms with Crippen LogP contribution in [0.25, 0.3) is 0 Å². The highest BCUT2D eigenvalue weighted by Gasteiger charge is 2.20. The predicted molar refractivity (Wildman–Crippen MR) is 96.5 cm³/mol. The van der Waals surface area contributed by atoms with E-state index >= 15 is 0 Å². The quantitative estimate of drug-likeness (QED) is 0.837. The zero-order valence-electron chi connectivity index (χ0n) is 14.8. The molecule has 1 atom stereocenters. The molecule has 0 spiro atoms. The summed E-state index contributed by atoms with van der Waals surface area (Å²) in [7, 11) is 3.17. The maximum Gasteiger partial charge on any atom is 0.203 e. The summed E-state index contributed by atoms with van der Waals surface area (Å²) in [6, 6.07) is 13.9. The summed E-state index contributed by atoms with van der Waals surface area (Å²) < 4.78 is 16.4. The molecule has 2 aromatic carbocycles. The first-order valence-corrected chi connectivity index (χ1v) is 8.52. The number of fused-ring (bicyclic) bond motifs is 1. The number of nitrogens with zero attached hydrogens (tertiary/aromatic N) is 1. The fraction of sp³-hybridized carbons (Fsp3) is 0.400. The second-order valence-electron chi connectivity index (χ2n) is 6.21. The Morgan fingerprint density at radius 3 is 2.36 bits per heavy atom. The molecular formula is C20H25NO4. The van der Waals surface area contributed by atoms with Crippen molar-refractivity contribution in [3.05, 3.63) is 53.6 Å². The summed E-state index contributed by atoms with van der Waals surface area (Å²) >= 11 is 0. The molecule has 0 amide bonds. The van der Waals surface area contributed by atoms with Gasteiger partial charge in [0.15, 0.2) is 11.5 Å². The van der Waals surface area contributed by atoms with E-state index in [1.807, 2.05) is 18.2 Å². The lowest BCUT2D eigenvalue weighted by molar-refractivity contribution is 0.0618. The van der Waals surface area contributed by atoms with Gasteiger partial charge in [0.05, 0.1) is 14.2 Å². The van der Waals surface area contributed by atoms with Gasteiger partial charge in [-0.1, -0.05) is 30.3 Å². The van der Waals surface area contributed by atoms with Crippen LogP contribution in [0.15, 0.2) is 42.5 Å². The largest absolute Gasteiger partial charge is 0.493 e. The molecule has 0 saturated carbocycles. The molecule has 1 aliphatic heterocycles. The van der Waals surface area contributed by atoms with Crippen molar-refractivity contribution in [2.24, 2.45) is 0 Å². The van der Waals surface area contributed by atoms with Crippen LogP contribution in [0.2, 0.25) is 0 Å². The number of rotatable bonds is 7. The smallest absolute Gasteiger partial charge is 0.203 e. The Morgan fingerprint density at radius 1 is 1.00 bits per heavy atom. The molecule has 2 aromatic rings. The van der Waals surface area contributed by atoms with Crippen LogP contribution in [0, 0.1) is 0 Å². The van der Waals surface area contributed by atoms with Gasteiger partial charge in [-0.25, -0.2) is 0 Å². The van der Waals surface area contributed by atoms with E-state index in [1.165, 1.54) is 11.1 Å². The Bertz CT molecular complexity index is 682. The summed E-state index contributed by atoms with van der Waals surface area (Å²) in [5, 5.41) is 10.4. The topological polar surface area (TPSA) is 51.2 Å². The maximum atomic E-state index is 10.4. The minimum absolute atomic E-state index is 0.189. The van der Waals surface area contributed by atoms with Gasteiger partial charge in [-0.15, -0.1) is 0 Å². The second kappa shape index (κ2) is 8.23. The molecule has 1 aliphatic rings. The third-order valence-corrected chi connectivity index (χ3v) is 4.48. The summed E-state index contributed by atoms with van der Waals surface area (Å²) in [6.07, 6.45) is 0.434. The van der Waals surface area contributed by atoms with E-state index in [0.29, 0.717) is 23.8 Å². The molecule has 0 radical (unpaired) electrons. The highest BCUT2D eigenvalue weighted by atomic mass is 16.5. The van der Waals surface area contributed by atoms with Gasteiger partial charge in [0.2, 0.25) is 5.75 Å². The highest BCUT2D eigenvalue weighted by molar-refractivity contribution is 5.51. The van der Waals surface area contributed by atoms with Gasteiger partial charge in [0.1, 0.15) is 12.7 Å². The highest BCUT2D eigenvalue weighted by Crippen LogP contribution is 2.36. The van der Waals surface area contributed by atoms with Crippen molar-refractivity contribution < 1.29 is 19.3 Å². The van der Waals surface area contributed by atoms with Gasteiger partial charge in [0, 0.05) is 19.6 Å². The third kappa shape index (κ3) is 4.24. The number of hydrogen-bond donors (Lipinski definition) is 1. The number of benzene rings is 2. The van der Waals surface area contributed by atoms with Crippen LogP contribution < -0.4 is 14.2 Å². The van der Waals surface area contributed by atoms with E-state index < -0.39 is 6.10 Å². The van der Waals surface area contributed by atoms with E-state index in [2.05, 4.69) is 29.2 Å². The van der Waals surface area contributed by atoms with Crippen LogP contribution >= 0.6 is 0 Å². The molecule has 5 heteroatoms.